The van der Waals surface area contributed by atoms with Crippen molar-refractivity contribution in [1.29, 1.82) is 0 Å². The van der Waals surface area contributed by atoms with Crippen molar-refractivity contribution in [3.63, 3.8) is 0 Å². The van der Waals surface area contributed by atoms with Crippen LogP contribution in [-0.2, 0) is 16.1 Å². The summed E-state index contributed by atoms with van der Waals surface area (Å²) >= 11 is 0. The second-order valence-corrected chi connectivity index (χ2v) is 4.56. The highest BCUT2D eigenvalue weighted by Gasteiger charge is 2.19. The van der Waals surface area contributed by atoms with Gasteiger partial charge in [-0.25, -0.2) is 0 Å². The van der Waals surface area contributed by atoms with Crippen molar-refractivity contribution in [1.82, 2.24) is 5.32 Å². The zero-order valence-corrected chi connectivity index (χ0v) is 10.4. The molecule has 3 nitrogen and oxygen atoms in total. The molecule has 17 heavy (non-hydrogen) atoms. The molecule has 0 aromatic heterocycles. The maximum Gasteiger partial charge on any atom is 0.243 e. The van der Waals surface area contributed by atoms with Gasteiger partial charge in [-0.2, -0.15) is 0 Å². The van der Waals surface area contributed by atoms with Crippen LogP contribution >= 0.6 is 0 Å². The molecule has 1 aromatic carbocycles. The number of benzene rings is 1. The number of nitrogens with one attached hydrogen (secondary N) is 1. The molecule has 0 saturated heterocycles. The molecule has 1 N–H and O–H groups in total. The van der Waals surface area contributed by atoms with E-state index in [2.05, 4.69) is 11.9 Å². The van der Waals surface area contributed by atoms with Gasteiger partial charge in [-0.3, -0.25) is 4.79 Å². The maximum atomic E-state index is 11.2. The van der Waals surface area contributed by atoms with E-state index >= 15 is 0 Å². The summed E-state index contributed by atoms with van der Waals surface area (Å²) in [4.78, 5) is 11.2. The third kappa shape index (κ3) is 5.31. The third-order valence-corrected chi connectivity index (χ3v) is 2.22. The molecule has 0 spiro atoms. The monoisotopic (exact) mass is 233 g/mol. The van der Waals surface area contributed by atoms with Crippen LogP contribution < -0.4 is 5.32 Å². The van der Waals surface area contributed by atoms with E-state index in [0.717, 1.165) is 5.56 Å². The minimum Gasteiger partial charge on any atom is -0.374 e. The van der Waals surface area contributed by atoms with Gasteiger partial charge in [0.1, 0.15) is 0 Å². The minimum atomic E-state index is -0.389. The molecule has 0 aliphatic heterocycles. The molecular weight excluding hydrogens is 214 g/mol. The van der Waals surface area contributed by atoms with E-state index in [4.69, 9.17) is 4.74 Å². The number of carbonyl (C=O) groups excluding carboxylic acids is 1. The fourth-order valence-corrected chi connectivity index (χ4v) is 1.42. The fraction of sp³-hybridized carbons (Fsp3) is 0.357. The van der Waals surface area contributed by atoms with Gasteiger partial charge in [0.05, 0.1) is 18.8 Å². The largest absolute Gasteiger partial charge is 0.374 e. The van der Waals surface area contributed by atoms with Gasteiger partial charge in [0.25, 0.3) is 0 Å². The van der Waals surface area contributed by atoms with Crippen molar-refractivity contribution < 1.29 is 9.53 Å². The first-order chi connectivity index (χ1) is 8.03. The second-order valence-electron chi connectivity index (χ2n) is 4.56. The second kappa shape index (κ2) is 6.21. The average Bonchev–Trinajstić information content (AvgIpc) is 2.29. The lowest BCUT2D eigenvalue weighted by atomic mass is 10.1. The Bertz CT molecular complexity index is 371. The summed E-state index contributed by atoms with van der Waals surface area (Å²) in [5.74, 6) is -0.182. The van der Waals surface area contributed by atoms with Gasteiger partial charge < -0.3 is 10.1 Å². The molecule has 0 aliphatic rings. The summed E-state index contributed by atoms with van der Waals surface area (Å²) in [6.45, 7) is 8.26. The molecule has 3 heteroatoms. The molecule has 0 atom stereocenters. The molecule has 1 aromatic rings. The minimum absolute atomic E-state index is 0.182. The molecule has 0 radical (unpaired) electrons. The van der Waals surface area contributed by atoms with Crippen LogP contribution in [0.1, 0.15) is 19.4 Å². The molecule has 92 valence electrons. The van der Waals surface area contributed by atoms with Crippen LogP contribution in [0.5, 0.6) is 0 Å². The van der Waals surface area contributed by atoms with Gasteiger partial charge in [0, 0.05) is 0 Å². The molecule has 1 amide bonds. The van der Waals surface area contributed by atoms with E-state index in [-0.39, 0.29) is 11.4 Å². The predicted molar refractivity (Wildman–Crippen MR) is 68.5 cm³/mol. The number of carbonyl (C=O) groups is 1. The highest BCUT2D eigenvalue weighted by Crippen LogP contribution is 2.06. The van der Waals surface area contributed by atoms with E-state index < -0.39 is 0 Å². The molecule has 0 heterocycles. The Morgan fingerprint density at radius 3 is 2.65 bits per heavy atom. The van der Waals surface area contributed by atoms with Crippen molar-refractivity contribution in [2.45, 2.75) is 26.0 Å². The van der Waals surface area contributed by atoms with Crippen LogP contribution in [0.4, 0.5) is 0 Å². The first-order valence-electron chi connectivity index (χ1n) is 5.60. The molecule has 1 rings (SSSR count). The van der Waals surface area contributed by atoms with Gasteiger partial charge in [0.15, 0.2) is 0 Å². The topological polar surface area (TPSA) is 38.3 Å². The Labute approximate surface area is 102 Å². The van der Waals surface area contributed by atoms with Crippen LogP contribution in [0.15, 0.2) is 43.0 Å². The number of rotatable bonds is 6. The number of hydrogen-bond acceptors (Lipinski definition) is 2. The van der Waals surface area contributed by atoms with E-state index in [1.165, 1.54) is 6.08 Å². The summed E-state index contributed by atoms with van der Waals surface area (Å²) < 4.78 is 5.58. The Morgan fingerprint density at radius 1 is 1.41 bits per heavy atom. The lowest BCUT2D eigenvalue weighted by Gasteiger charge is -2.25. The van der Waals surface area contributed by atoms with Crippen LogP contribution in [0, 0.1) is 0 Å². The highest BCUT2D eigenvalue weighted by molar-refractivity contribution is 5.87. The third-order valence-electron chi connectivity index (χ3n) is 2.22. The number of hydrogen-bond donors (Lipinski definition) is 1. The van der Waals surface area contributed by atoms with Crippen molar-refractivity contribution in [3.8, 4) is 0 Å². The average molecular weight is 233 g/mol. The van der Waals surface area contributed by atoms with E-state index in [9.17, 15) is 4.79 Å². The first kappa shape index (κ1) is 13.5. The van der Waals surface area contributed by atoms with Crippen molar-refractivity contribution in [3.05, 3.63) is 48.6 Å². The molecule has 0 bridgehead atoms. The van der Waals surface area contributed by atoms with Crippen molar-refractivity contribution in [2.75, 3.05) is 6.61 Å². The molecule has 0 saturated carbocycles. The molecular formula is C14H19NO2. The fourth-order valence-electron chi connectivity index (χ4n) is 1.42. The van der Waals surface area contributed by atoms with Crippen LogP contribution in [0.2, 0.25) is 0 Å². The number of ether oxygens (including phenoxy) is 1. The Morgan fingerprint density at radius 2 is 2.06 bits per heavy atom. The van der Waals surface area contributed by atoms with E-state index in [0.29, 0.717) is 13.2 Å². The SMILES string of the molecule is C=CC(=O)NC(C)(C)COCc1ccccc1. The van der Waals surface area contributed by atoms with Crippen molar-refractivity contribution >= 4 is 5.91 Å². The predicted octanol–water partition coefficient (Wildman–Crippen LogP) is 2.28. The smallest absolute Gasteiger partial charge is 0.243 e. The summed E-state index contributed by atoms with van der Waals surface area (Å²) in [6, 6.07) is 9.94. The van der Waals surface area contributed by atoms with Gasteiger partial charge in [0.2, 0.25) is 5.91 Å². The zero-order chi connectivity index (χ0) is 12.7. The Hall–Kier alpha value is -1.61. The normalized spacial score (nSPS) is 10.9. The van der Waals surface area contributed by atoms with Gasteiger partial charge in [-0.05, 0) is 25.5 Å². The zero-order valence-electron chi connectivity index (χ0n) is 10.4. The molecule has 0 unspecified atom stereocenters. The molecule has 0 aliphatic carbocycles. The van der Waals surface area contributed by atoms with Gasteiger partial charge in [-0.1, -0.05) is 36.9 Å². The first-order valence-corrected chi connectivity index (χ1v) is 5.60. The summed E-state index contributed by atoms with van der Waals surface area (Å²) in [5.41, 5.74) is 0.735. The highest BCUT2D eigenvalue weighted by atomic mass is 16.5. The van der Waals surface area contributed by atoms with Crippen LogP contribution in [-0.4, -0.2) is 18.1 Å². The quantitative estimate of drug-likeness (QED) is 0.765. The van der Waals surface area contributed by atoms with E-state index in [1.54, 1.807) is 0 Å². The Kier molecular flexibility index (Phi) is 4.91. The maximum absolute atomic E-state index is 11.2. The van der Waals surface area contributed by atoms with Gasteiger partial charge >= 0.3 is 0 Å². The van der Waals surface area contributed by atoms with Crippen LogP contribution in [0.25, 0.3) is 0 Å². The molecule has 0 fully saturated rings. The van der Waals surface area contributed by atoms with Gasteiger partial charge in [-0.15, -0.1) is 0 Å². The Balaban J connectivity index is 2.35. The summed E-state index contributed by atoms with van der Waals surface area (Å²) in [7, 11) is 0. The summed E-state index contributed by atoms with van der Waals surface area (Å²) in [5, 5.41) is 2.81. The number of amides is 1. The lowest BCUT2D eigenvalue weighted by molar-refractivity contribution is -0.118. The van der Waals surface area contributed by atoms with Crippen molar-refractivity contribution in [2.24, 2.45) is 0 Å². The standard InChI is InChI=1S/C14H19NO2/c1-4-13(16)15-14(2,3)11-17-10-12-8-6-5-7-9-12/h4-9H,1,10-11H2,2-3H3,(H,15,16). The van der Waals surface area contributed by atoms with E-state index in [1.807, 2.05) is 44.2 Å². The summed E-state index contributed by atoms with van der Waals surface area (Å²) in [6.07, 6.45) is 1.26. The lowest BCUT2D eigenvalue weighted by Crippen LogP contribution is -2.46. The van der Waals surface area contributed by atoms with Crippen LogP contribution in [0.3, 0.4) is 0 Å².